The second-order valence-corrected chi connectivity index (χ2v) is 5.89. The molecule has 1 rings (SSSR count). The molecule has 108 valence electrons. The summed E-state index contributed by atoms with van der Waals surface area (Å²) in [6.45, 7) is 12.0. The van der Waals surface area contributed by atoms with Crippen LogP contribution in [-0.4, -0.2) is 37.1 Å². The van der Waals surface area contributed by atoms with Crippen LogP contribution in [0.4, 0.5) is 0 Å². The fourth-order valence-corrected chi connectivity index (χ4v) is 3.15. The molecular formula is C16H34N2. The van der Waals surface area contributed by atoms with E-state index in [4.69, 9.17) is 0 Å². The second-order valence-electron chi connectivity index (χ2n) is 5.89. The Labute approximate surface area is 115 Å². The number of nitrogens with zero attached hydrogens (tertiary/aromatic N) is 1. The SMILES string of the molecule is CCCC1CCCN(CCNC(CC)CC)CC1. The highest BCUT2D eigenvalue weighted by molar-refractivity contribution is 4.71. The molecule has 0 aliphatic carbocycles. The Morgan fingerprint density at radius 2 is 1.89 bits per heavy atom. The van der Waals surface area contributed by atoms with Gasteiger partial charge in [-0.05, 0) is 51.1 Å². The predicted octanol–water partition coefficient (Wildman–Crippen LogP) is 3.67. The van der Waals surface area contributed by atoms with Crippen molar-refractivity contribution in [3.05, 3.63) is 0 Å². The molecule has 0 spiro atoms. The summed E-state index contributed by atoms with van der Waals surface area (Å²) in [5, 5.41) is 3.68. The van der Waals surface area contributed by atoms with Crippen molar-refractivity contribution in [3.8, 4) is 0 Å². The molecule has 1 N–H and O–H groups in total. The summed E-state index contributed by atoms with van der Waals surface area (Å²) < 4.78 is 0. The van der Waals surface area contributed by atoms with E-state index in [-0.39, 0.29) is 0 Å². The van der Waals surface area contributed by atoms with Crippen LogP contribution < -0.4 is 5.32 Å². The van der Waals surface area contributed by atoms with Crippen molar-refractivity contribution in [2.24, 2.45) is 5.92 Å². The van der Waals surface area contributed by atoms with Crippen molar-refractivity contribution in [1.29, 1.82) is 0 Å². The van der Waals surface area contributed by atoms with Gasteiger partial charge in [-0.25, -0.2) is 0 Å². The molecule has 1 unspecified atom stereocenters. The summed E-state index contributed by atoms with van der Waals surface area (Å²) in [6.07, 6.45) is 9.63. The molecular weight excluding hydrogens is 220 g/mol. The molecule has 18 heavy (non-hydrogen) atoms. The van der Waals surface area contributed by atoms with Crippen LogP contribution in [0.25, 0.3) is 0 Å². The molecule has 0 aromatic rings. The quantitative estimate of drug-likeness (QED) is 0.711. The van der Waals surface area contributed by atoms with Crippen LogP contribution in [0.2, 0.25) is 0 Å². The summed E-state index contributed by atoms with van der Waals surface area (Å²) in [7, 11) is 0. The molecule has 0 bridgehead atoms. The Morgan fingerprint density at radius 3 is 2.56 bits per heavy atom. The van der Waals surface area contributed by atoms with E-state index in [1.807, 2.05) is 0 Å². The zero-order valence-electron chi connectivity index (χ0n) is 12.9. The van der Waals surface area contributed by atoms with Crippen molar-refractivity contribution < 1.29 is 0 Å². The summed E-state index contributed by atoms with van der Waals surface area (Å²) in [6, 6.07) is 0.727. The lowest BCUT2D eigenvalue weighted by Crippen LogP contribution is -2.37. The van der Waals surface area contributed by atoms with Gasteiger partial charge >= 0.3 is 0 Å². The lowest BCUT2D eigenvalue weighted by atomic mass is 9.96. The van der Waals surface area contributed by atoms with E-state index in [2.05, 4.69) is 31.0 Å². The normalized spacial score (nSPS) is 22.3. The molecule has 1 fully saturated rings. The standard InChI is InChI=1S/C16H34N2/c1-4-8-15-9-7-12-18(13-10-15)14-11-17-16(5-2)6-3/h15-17H,4-14H2,1-3H3. The van der Waals surface area contributed by atoms with Gasteiger partial charge in [0.05, 0.1) is 0 Å². The van der Waals surface area contributed by atoms with Gasteiger partial charge in [0, 0.05) is 19.1 Å². The number of rotatable bonds is 8. The first-order valence-electron chi connectivity index (χ1n) is 8.25. The first-order valence-corrected chi connectivity index (χ1v) is 8.25. The smallest absolute Gasteiger partial charge is 0.0107 e. The summed E-state index contributed by atoms with van der Waals surface area (Å²) in [4.78, 5) is 2.67. The number of hydrogen-bond donors (Lipinski definition) is 1. The van der Waals surface area contributed by atoms with Crippen LogP contribution in [0.3, 0.4) is 0 Å². The van der Waals surface area contributed by atoms with Crippen molar-refractivity contribution in [2.45, 2.75) is 71.8 Å². The van der Waals surface area contributed by atoms with Gasteiger partial charge < -0.3 is 10.2 Å². The Bertz CT molecular complexity index is 190. The average Bonchev–Trinajstić information content (AvgIpc) is 2.61. The Kier molecular flexibility index (Phi) is 8.70. The first-order chi connectivity index (χ1) is 8.80. The maximum atomic E-state index is 3.68. The van der Waals surface area contributed by atoms with Gasteiger partial charge in [-0.2, -0.15) is 0 Å². The molecule has 0 saturated carbocycles. The largest absolute Gasteiger partial charge is 0.313 e. The van der Waals surface area contributed by atoms with E-state index in [1.54, 1.807) is 0 Å². The highest BCUT2D eigenvalue weighted by Crippen LogP contribution is 2.21. The van der Waals surface area contributed by atoms with Gasteiger partial charge in [0.2, 0.25) is 0 Å². The number of nitrogens with one attached hydrogen (secondary N) is 1. The third kappa shape index (κ3) is 6.19. The predicted molar refractivity (Wildman–Crippen MR) is 81.1 cm³/mol. The molecule has 1 aliphatic heterocycles. The van der Waals surface area contributed by atoms with Crippen molar-refractivity contribution >= 4 is 0 Å². The molecule has 1 aliphatic rings. The Hall–Kier alpha value is -0.0800. The van der Waals surface area contributed by atoms with Crippen LogP contribution in [0, 0.1) is 5.92 Å². The molecule has 2 heteroatoms. The van der Waals surface area contributed by atoms with E-state index in [0.717, 1.165) is 12.0 Å². The Morgan fingerprint density at radius 1 is 1.11 bits per heavy atom. The second kappa shape index (κ2) is 9.80. The van der Waals surface area contributed by atoms with Crippen LogP contribution in [0.1, 0.15) is 65.7 Å². The van der Waals surface area contributed by atoms with E-state index >= 15 is 0 Å². The zero-order chi connectivity index (χ0) is 13.2. The van der Waals surface area contributed by atoms with Crippen LogP contribution in [0.15, 0.2) is 0 Å². The first kappa shape index (κ1) is 16.0. The molecule has 1 heterocycles. The molecule has 1 atom stereocenters. The summed E-state index contributed by atoms with van der Waals surface area (Å²) >= 11 is 0. The molecule has 0 aromatic heterocycles. The zero-order valence-corrected chi connectivity index (χ0v) is 12.9. The van der Waals surface area contributed by atoms with Crippen LogP contribution >= 0.6 is 0 Å². The van der Waals surface area contributed by atoms with Crippen molar-refractivity contribution in [3.63, 3.8) is 0 Å². The van der Waals surface area contributed by atoms with Gasteiger partial charge in [0.25, 0.3) is 0 Å². The lowest BCUT2D eigenvalue weighted by molar-refractivity contribution is 0.272. The monoisotopic (exact) mass is 254 g/mol. The highest BCUT2D eigenvalue weighted by Gasteiger charge is 2.16. The highest BCUT2D eigenvalue weighted by atomic mass is 15.1. The van der Waals surface area contributed by atoms with Crippen molar-refractivity contribution in [1.82, 2.24) is 10.2 Å². The fourth-order valence-electron chi connectivity index (χ4n) is 3.15. The fraction of sp³-hybridized carbons (Fsp3) is 1.00. The minimum Gasteiger partial charge on any atom is -0.313 e. The van der Waals surface area contributed by atoms with Crippen LogP contribution in [-0.2, 0) is 0 Å². The van der Waals surface area contributed by atoms with E-state index < -0.39 is 0 Å². The molecule has 0 radical (unpaired) electrons. The maximum Gasteiger partial charge on any atom is 0.0107 e. The third-order valence-corrected chi connectivity index (χ3v) is 4.48. The average molecular weight is 254 g/mol. The Balaban J connectivity index is 2.15. The van der Waals surface area contributed by atoms with E-state index in [9.17, 15) is 0 Å². The van der Waals surface area contributed by atoms with Crippen LogP contribution in [0.5, 0.6) is 0 Å². The van der Waals surface area contributed by atoms with Gasteiger partial charge in [-0.3, -0.25) is 0 Å². The van der Waals surface area contributed by atoms with Crippen molar-refractivity contribution in [2.75, 3.05) is 26.2 Å². The minimum absolute atomic E-state index is 0.727. The van der Waals surface area contributed by atoms with Gasteiger partial charge in [-0.15, -0.1) is 0 Å². The number of hydrogen-bond acceptors (Lipinski definition) is 2. The van der Waals surface area contributed by atoms with Gasteiger partial charge in [-0.1, -0.05) is 33.6 Å². The summed E-state index contributed by atoms with van der Waals surface area (Å²) in [5.41, 5.74) is 0. The summed E-state index contributed by atoms with van der Waals surface area (Å²) in [5.74, 6) is 1.01. The molecule has 2 nitrogen and oxygen atoms in total. The topological polar surface area (TPSA) is 15.3 Å². The van der Waals surface area contributed by atoms with E-state index in [0.29, 0.717) is 0 Å². The van der Waals surface area contributed by atoms with Gasteiger partial charge in [0.15, 0.2) is 0 Å². The maximum absolute atomic E-state index is 3.68. The third-order valence-electron chi connectivity index (χ3n) is 4.48. The number of likely N-dealkylation sites (tertiary alicyclic amines) is 1. The molecule has 1 saturated heterocycles. The van der Waals surface area contributed by atoms with Gasteiger partial charge in [0.1, 0.15) is 0 Å². The minimum atomic E-state index is 0.727. The molecule has 0 aromatic carbocycles. The van der Waals surface area contributed by atoms with E-state index in [1.165, 1.54) is 71.1 Å². The molecule has 0 amide bonds. The lowest BCUT2D eigenvalue weighted by Gasteiger charge is -2.22.